The third-order valence-electron chi connectivity index (χ3n) is 6.19. The monoisotopic (exact) mass is 278 g/mol. The van der Waals surface area contributed by atoms with Gasteiger partial charge in [0, 0.05) is 17.4 Å². The molecule has 0 aromatic rings. The lowest BCUT2D eigenvalue weighted by molar-refractivity contribution is -0.151. The zero-order chi connectivity index (χ0) is 15.1. The van der Waals surface area contributed by atoms with Gasteiger partial charge < -0.3 is 9.47 Å². The lowest BCUT2D eigenvalue weighted by Crippen LogP contribution is -2.29. The van der Waals surface area contributed by atoms with Gasteiger partial charge in [-0.25, -0.2) is 4.79 Å². The molecule has 0 radical (unpaired) electrons. The molecule has 2 fully saturated rings. The van der Waals surface area contributed by atoms with E-state index in [0.717, 1.165) is 5.57 Å². The Balaban J connectivity index is 2.12. The molecule has 0 aliphatic heterocycles. The fraction of sp³-hybridized carbons (Fsp3) is 0.750. The van der Waals surface area contributed by atoms with Gasteiger partial charge in [-0.1, -0.05) is 33.8 Å². The average molecular weight is 278 g/mol. The molecule has 3 aliphatic rings. The van der Waals surface area contributed by atoms with Crippen molar-refractivity contribution >= 4 is 11.9 Å². The van der Waals surface area contributed by atoms with Crippen LogP contribution in [0, 0.1) is 34.0 Å². The van der Waals surface area contributed by atoms with Crippen LogP contribution in [0.4, 0.5) is 0 Å². The van der Waals surface area contributed by atoms with E-state index < -0.39 is 5.41 Å². The van der Waals surface area contributed by atoms with Gasteiger partial charge in [0.1, 0.15) is 0 Å². The first-order chi connectivity index (χ1) is 9.18. The second-order valence-electron chi connectivity index (χ2n) is 7.45. The number of fused-ring (bicyclic) bond motifs is 3. The molecule has 2 saturated carbocycles. The summed E-state index contributed by atoms with van der Waals surface area (Å²) in [5, 5.41) is 0. The normalized spacial score (nSPS) is 41.7. The summed E-state index contributed by atoms with van der Waals surface area (Å²) in [4.78, 5) is 24.5. The largest absolute Gasteiger partial charge is 0.469 e. The summed E-state index contributed by atoms with van der Waals surface area (Å²) in [5.74, 6) is -0.0480. The van der Waals surface area contributed by atoms with Crippen LogP contribution in [0.3, 0.4) is 0 Å². The number of rotatable bonds is 2. The van der Waals surface area contributed by atoms with Gasteiger partial charge in [-0.3, -0.25) is 4.79 Å². The number of hydrogen-bond donors (Lipinski definition) is 0. The van der Waals surface area contributed by atoms with Crippen molar-refractivity contribution in [1.29, 1.82) is 0 Å². The van der Waals surface area contributed by atoms with Crippen molar-refractivity contribution in [2.45, 2.75) is 27.7 Å². The van der Waals surface area contributed by atoms with Crippen molar-refractivity contribution in [2.75, 3.05) is 14.2 Å². The van der Waals surface area contributed by atoms with Gasteiger partial charge in [0.2, 0.25) is 0 Å². The number of carbonyl (C=O) groups excluding carboxylic acids is 2. The minimum Gasteiger partial charge on any atom is -0.469 e. The average Bonchev–Trinajstić information content (AvgIpc) is 3.16. The summed E-state index contributed by atoms with van der Waals surface area (Å²) in [5.41, 5.74) is 0.0640. The SMILES string of the molecule is COC(=O)C1=C[C@H]2C(C)(C)[C@]2(C(=O)OC)[C@H]2[C@@H]1C2(C)C. The molecule has 0 amide bonds. The summed E-state index contributed by atoms with van der Waals surface area (Å²) in [6.45, 7) is 8.44. The molecule has 0 unspecified atom stereocenters. The van der Waals surface area contributed by atoms with Gasteiger partial charge in [0.15, 0.2) is 0 Å². The molecule has 3 aliphatic carbocycles. The van der Waals surface area contributed by atoms with Gasteiger partial charge in [-0.2, -0.15) is 0 Å². The molecule has 0 heterocycles. The van der Waals surface area contributed by atoms with Gasteiger partial charge >= 0.3 is 11.9 Å². The van der Waals surface area contributed by atoms with E-state index in [2.05, 4.69) is 27.7 Å². The summed E-state index contributed by atoms with van der Waals surface area (Å²) in [7, 11) is 2.86. The van der Waals surface area contributed by atoms with Crippen LogP contribution in [-0.2, 0) is 19.1 Å². The molecule has 110 valence electrons. The molecule has 0 N–H and O–H groups in total. The summed E-state index contributed by atoms with van der Waals surface area (Å²) < 4.78 is 10.0. The predicted molar refractivity (Wildman–Crippen MR) is 72.6 cm³/mol. The Hall–Kier alpha value is -1.32. The van der Waals surface area contributed by atoms with Crippen molar-refractivity contribution in [3.05, 3.63) is 11.6 Å². The summed E-state index contributed by atoms with van der Waals surface area (Å²) >= 11 is 0. The van der Waals surface area contributed by atoms with Crippen LogP contribution in [-0.4, -0.2) is 26.2 Å². The standard InChI is InChI=1S/C16H22O4/c1-14(2)10-8(12(17)19-5)7-9-15(3,4)16(9,11(10)14)13(18)20-6/h7,9-11H,1-6H3/t9-,10+,11-,16-/m0/s1. The molecular formula is C16H22O4. The Morgan fingerprint density at radius 2 is 1.70 bits per heavy atom. The minimum atomic E-state index is -0.465. The van der Waals surface area contributed by atoms with Crippen molar-refractivity contribution in [3.8, 4) is 0 Å². The molecule has 4 nitrogen and oxygen atoms in total. The van der Waals surface area contributed by atoms with E-state index in [0.29, 0.717) is 0 Å². The van der Waals surface area contributed by atoms with Crippen molar-refractivity contribution < 1.29 is 19.1 Å². The van der Waals surface area contributed by atoms with E-state index in [-0.39, 0.29) is 40.5 Å². The van der Waals surface area contributed by atoms with E-state index in [9.17, 15) is 9.59 Å². The third kappa shape index (κ3) is 1.15. The van der Waals surface area contributed by atoms with Crippen LogP contribution in [0.1, 0.15) is 27.7 Å². The second-order valence-corrected chi connectivity index (χ2v) is 7.45. The first kappa shape index (κ1) is 13.7. The number of carbonyl (C=O) groups is 2. The maximum atomic E-state index is 12.4. The van der Waals surface area contributed by atoms with Gasteiger partial charge in [-0.05, 0) is 16.7 Å². The highest BCUT2D eigenvalue weighted by Gasteiger charge is 2.88. The Bertz CT molecular complexity index is 543. The summed E-state index contributed by atoms with van der Waals surface area (Å²) in [6, 6.07) is 0. The van der Waals surface area contributed by atoms with Crippen LogP contribution in [0.25, 0.3) is 0 Å². The highest BCUT2D eigenvalue weighted by atomic mass is 16.5. The van der Waals surface area contributed by atoms with E-state index >= 15 is 0 Å². The Morgan fingerprint density at radius 3 is 2.20 bits per heavy atom. The van der Waals surface area contributed by atoms with Crippen molar-refractivity contribution in [1.82, 2.24) is 0 Å². The molecule has 4 heteroatoms. The Labute approximate surface area is 119 Å². The Kier molecular flexibility index (Phi) is 2.37. The van der Waals surface area contributed by atoms with E-state index in [1.54, 1.807) is 0 Å². The maximum absolute atomic E-state index is 12.4. The van der Waals surface area contributed by atoms with E-state index in [4.69, 9.17) is 9.47 Å². The molecule has 0 aromatic carbocycles. The molecule has 4 atom stereocenters. The number of esters is 2. The zero-order valence-corrected chi connectivity index (χ0v) is 12.9. The first-order valence-corrected chi connectivity index (χ1v) is 7.07. The summed E-state index contributed by atoms with van der Waals surface area (Å²) in [6.07, 6.45) is 1.97. The fourth-order valence-corrected chi connectivity index (χ4v) is 5.12. The first-order valence-electron chi connectivity index (χ1n) is 7.07. The molecule has 0 aromatic heterocycles. The zero-order valence-electron chi connectivity index (χ0n) is 12.9. The van der Waals surface area contributed by atoms with Crippen LogP contribution in [0.15, 0.2) is 11.6 Å². The fourth-order valence-electron chi connectivity index (χ4n) is 5.12. The lowest BCUT2D eigenvalue weighted by atomic mass is 9.84. The van der Waals surface area contributed by atoms with Crippen molar-refractivity contribution in [2.24, 2.45) is 34.0 Å². The molecule has 3 rings (SSSR count). The van der Waals surface area contributed by atoms with E-state index in [1.165, 1.54) is 14.2 Å². The highest BCUT2D eigenvalue weighted by Crippen LogP contribution is 2.87. The quantitative estimate of drug-likeness (QED) is 0.727. The topological polar surface area (TPSA) is 52.6 Å². The lowest BCUT2D eigenvalue weighted by Gasteiger charge is -2.21. The smallest absolute Gasteiger partial charge is 0.333 e. The highest BCUT2D eigenvalue weighted by molar-refractivity contribution is 5.94. The van der Waals surface area contributed by atoms with Crippen LogP contribution in [0.5, 0.6) is 0 Å². The molecule has 0 spiro atoms. The van der Waals surface area contributed by atoms with Crippen LogP contribution < -0.4 is 0 Å². The van der Waals surface area contributed by atoms with Crippen molar-refractivity contribution in [3.63, 3.8) is 0 Å². The predicted octanol–water partition coefficient (Wildman–Crippen LogP) is 2.19. The molecule has 0 bridgehead atoms. The third-order valence-corrected chi connectivity index (χ3v) is 6.19. The molecular weight excluding hydrogens is 256 g/mol. The molecule has 0 saturated heterocycles. The maximum Gasteiger partial charge on any atom is 0.333 e. The Morgan fingerprint density at radius 1 is 1.10 bits per heavy atom. The second kappa shape index (κ2) is 3.46. The number of allylic oxidation sites excluding steroid dienone is 1. The van der Waals surface area contributed by atoms with Gasteiger partial charge in [0.05, 0.1) is 19.6 Å². The van der Waals surface area contributed by atoms with Crippen LogP contribution >= 0.6 is 0 Å². The van der Waals surface area contributed by atoms with Crippen LogP contribution in [0.2, 0.25) is 0 Å². The van der Waals surface area contributed by atoms with Gasteiger partial charge in [-0.15, -0.1) is 0 Å². The van der Waals surface area contributed by atoms with Gasteiger partial charge in [0.25, 0.3) is 0 Å². The number of ether oxygens (including phenoxy) is 2. The van der Waals surface area contributed by atoms with E-state index in [1.807, 2.05) is 6.08 Å². The number of methoxy groups -OCH3 is 2. The minimum absolute atomic E-state index is 0.0588. The molecule has 20 heavy (non-hydrogen) atoms. The number of hydrogen-bond acceptors (Lipinski definition) is 4.